The van der Waals surface area contributed by atoms with Crippen LogP contribution in [0, 0.1) is 5.41 Å². The lowest BCUT2D eigenvalue weighted by molar-refractivity contribution is -0.137. The van der Waals surface area contributed by atoms with Gasteiger partial charge in [-0.1, -0.05) is 42.5 Å². The molecule has 0 aliphatic heterocycles. The second-order valence-corrected chi connectivity index (χ2v) is 6.12. The lowest BCUT2D eigenvalue weighted by Gasteiger charge is -2.14. The highest BCUT2D eigenvalue weighted by molar-refractivity contribution is 6.30. The van der Waals surface area contributed by atoms with Crippen LogP contribution in [0.25, 0.3) is 11.3 Å². The van der Waals surface area contributed by atoms with Crippen LogP contribution in [0.15, 0.2) is 83.9 Å². The van der Waals surface area contributed by atoms with Gasteiger partial charge in [-0.05, 0) is 25.1 Å². The number of aromatic nitrogens is 1. The van der Waals surface area contributed by atoms with E-state index in [9.17, 15) is 18.0 Å². The van der Waals surface area contributed by atoms with Crippen LogP contribution < -0.4 is 5.43 Å². The Balaban J connectivity index is 2.07. The number of alkyl halides is 3. The third kappa shape index (κ3) is 3.96. The summed E-state index contributed by atoms with van der Waals surface area (Å²) in [5.41, 5.74) is 0.670. The van der Waals surface area contributed by atoms with Crippen molar-refractivity contribution < 1.29 is 13.2 Å². The van der Waals surface area contributed by atoms with E-state index >= 15 is 0 Å². The minimum absolute atomic E-state index is 0.169. The van der Waals surface area contributed by atoms with Crippen LogP contribution in [-0.2, 0) is 6.18 Å². The van der Waals surface area contributed by atoms with Gasteiger partial charge in [0.15, 0.2) is 5.43 Å². The number of hydrogen-bond donors (Lipinski definition) is 1. The zero-order valence-corrected chi connectivity index (χ0v) is 15.0. The summed E-state index contributed by atoms with van der Waals surface area (Å²) >= 11 is 0. The van der Waals surface area contributed by atoms with Crippen LogP contribution in [0.5, 0.6) is 0 Å². The highest BCUT2D eigenvalue weighted by Gasteiger charge is 2.30. The van der Waals surface area contributed by atoms with Gasteiger partial charge in [0, 0.05) is 40.8 Å². The van der Waals surface area contributed by atoms with Gasteiger partial charge in [-0.25, -0.2) is 0 Å². The van der Waals surface area contributed by atoms with Gasteiger partial charge in [0.25, 0.3) is 0 Å². The molecule has 1 heterocycles. The van der Waals surface area contributed by atoms with Crippen molar-refractivity contribution in [2.75, 3.05) is 0 Å². The van der Waals surface area contributed by atoms with Crippen molar-refractivity contribution in [3.05, 3.63) is 106 Å². The summed E-state index contributed by atoms with van der Waals surface area (Å²) in [7, 11) is 0. The Morgan fingerprint density at radius 1 is 1.04 bits per heavy atom. The second kappa shape index (κ2) is 7.68. The number of nitrogens with one attached hydrogen (secondary N) is 1. The first-order chi connectivity index (χ1) is 13.3. The van der Waals surface area contributed by atoms with E-state index in [0.717, 1.165) is 12.1 Å². The van der Waals surface area contributed by atoms with Crippen molar-refractivity contribution in [2.45, 2.75) is 13.1 Å². The van der Waals surface area contributed by atoms with Crippen molar-refractivity contribution in [2.24, 2.45) is 0 Å². The molecule has 0 amide bonds. The van der Waals surface area contributed by atoms with Crippen LogP contribution in [0.1, 0.15) is 23.6 Å². The smallest absolute Gasteiger partial charge is 0.323 e. The summed E-state index contributed by atoms with van der Waals surface area (Å²) in [4.78, 5) is 12.4. The summed E-state index contributed by atoms with van der Waals surface area (Å²) in [5, 5.41) is 8.45. The zero-order valence-electron chi connectivity index (χ0n) is 15.0. The third-order valence-electron chi connectivity index (χ3n) is 4.30. The molecule has 142 valence electrons. The Bertz CT molecular complexity index is 1100. The number of halogens is 3. The van der Waals surface area contributed by atoms with Gasteiger partial charge in [-0.15, -0.1) is 0 Å². The molecule has 3 aromatic rings. The highest BCUT2D eigenvalue weighted by Crippen LogP contribution is 2.30. The van der Waals surface area contributed by atoms with Crippen molar-refractivity contribution >= 4 is 11.3 Å². The Hall–Kier alpha value is -3.41. The quantitative estimate of drug-likeness (QED) is 0.609. The molecule has 2 aromatic carbocycles. The Kier molecular flexibility index (Phi) is 5.31. The molecule has 0 spiro atoms. The van der Waals surface area contributed by atoms with Gasteiger partial charge >= 0.3 is 6.18 Å². The molecule has 0 unspecified atom stereocenters. The van der Waals surface area contributed by atoms with Crippen molar-refractivity contribution in [3.8, 4) is 5.69 Å². The van der Waals surface area contributed by atoms with E-state index in [4.69, 9.17) is 5.41 Å². The number of benzene rings is 2. The van der Waals surface area contributed by atoms with E-state index in [1.165, 1.54) is 35.2 Å². The molecular weight excluding hydrogens is 365 g/mol. The van der Waals surface area contributed by atoms with Crippen LogP contribution in [-0.4, -0.2) is 10.3 Å². The minimum atomic E-state index is -4.46. The first kappa shape index (κ1) is 19.4. The predicted octanol–water partition coefficient (Wildman–Crippen LogP) is 5.33. The lowest BCUT2D eigenvalue weighted by atomic mass is 9.96. The molecule has 0 aliphatic carbocycles. The normalized spacial score (nSPS) is 12.1. The number of allylic oxidation sites excluding steroid dienone is 2. The maximum absolute atomic E-state index is 13.0. The molecule has 0 fully saturated rings. The fourth-order valence-electron chi connectivity index (χ4n) is 2.88. The third-order valence-corrected chi connectivity index (χ3v) is 4.30. The van der Waals surface area contributed by atoms with Crippen LogP contribution in [0.4, 0.5) is 13.2 Å². The molecule has 0 radical (unpaired) electrons. The van der Waals surface area contributed by atoms with Crippen LogP contribution in [0.2, 0.25) is 0 Å². The standard InChI is InChI=1S/C22H17F3N2O/c1-2-18(21(26)15-7-4-3-5-8-15)19-14-27(12-11-20(19)28)17-10-6-9-16(13-17)22(23,24)25/h2-14,26H,1H3. The second-order valence-electron chi connectivity index (χ2n) is 6.12. The summed E-state index contributed by atoms with van der Waals surface area (Å²) in [6.45, 7) is 1.72. The van der Waals surface area contributed by atoms with E-state index in [1.54, 1.807) is 37.3 Å². The van der Waals surface area contributed by atoms with Crippen molar-refractivity contribution in [1.82, 2.24) is 4.57 Å². The molecule has 0 saturated heterocycles. The monoisotopic (exact) mass is 382 g/mol. The molecule has 3 rings (SSSR count). The van der Waals surface area contributed by atoms with Gasteiger partial charge in [0.05, 0.1) is 11.3 Å². The van der Waals surface area contributed by atoms with Gasteiger partial charge < -0.3 is 4.57 Å². The molecule has 0 saturated carbocycles. The predicted molar refractivity (Wildman–Crippen MR) is 104 cm³/mol. The largest absolute Gasteiger partial charge is 0.416 e. The molecule has 6 heteroatoms. The van der Waals surface area contributed by atoms with E-state index in [1.807, 2.05) is 6.07 Å². The summed E-state index contributed by atoms with van der Waals surface area (Å²) in [6, 6.07) is 15.1. The summed E-state index contributed by atoms with van der Waals surface area (Å²) in [5.74, 6) is 0. The Labute approximate surface area is 159 Å². The first-order valence-corrected chi connectivity index (χ1v) is 8.52. The van der Waals surface area contributed by atoms with Crippen LogP contribution >= 0.6 is 0 Å². The molecule has 3 nitrogen and oxygen atoms in total. The van der Waals surface area contributed by atoms with E-state index in [0.29, 0.717) is 11.1 Å². The number of pyridine rings is 1. The molecule has 1 N–H and O–H groups in total. The number of hydrogen-bond acceptors (Lipinski definition) is 2. The molecule has 28 heavy (non-hydrogen) atoms. The maximum atomic E-state index is 13.0. The summed E-state index contributed by atoms with van der Waals surface area (Å²) in [6.07, 6.45) is 0.0791. The van der Waals surface area contributed by atoms with Crippen LogP contribution in [0.3, 0.4) is 0 Å². The van der Waals surface area contributed by atoms with E-state index < -0.39 is 11.7 Å². The zero-order chi connectivity index (χ0) is 20.3. The maximum Gasteiger partial charge on any atom is 0.416 e. The number of nitrogens with zero attached hydrogens (tertiary/aromatic N) is 1. The topological polar surface area (TPSA) is 45.9 Å². The van der Waals surface area contributed by atoms with Gasteiger partial charge in [0.2, 0.25) is 0 Å². The van der Waals surface area contributed by atoms with E-state index in [2.05, 4.69) is 0 Å². The average Bonchev–Trinajstić information content (AvgIpc) is 2.70. The van der Waals surface area contributed by atoms with Crippen molar-refractivity contribution in [3.63, 3.8) is 0 Å². The van der Waals surface area contributed by atoms with Gasteiger partial charge in [-0.3, -0.25) is 10.2 Å². The van der Waals surface area contributed by atoms with E-state index in [-0.39, 0.29) is 22.4 Å². The van der Waals surface area contributed by atoms with Gasteiger partial charge in [0.1, 0.15) is 0 Å². The Morgan fingerprint density at radius 3 is 2.39 bits per heavy atom. The van der Waals surface area contributed by atoms with Gasteiger partial charge in [-0.2, -0.15) is 13.2 Å². The minimum Gasteiger partial charge on any atom is -0.323 e. The molecule has 0 bridgehead atoms. The SMILES string of the molecule is CC=C(C(=N)c1ccccc1)c1cn(-c2cccc(C(F)(F)F)c2)ccc1=O. The number of rotatable bonds is 4. The summed E-state index contributed by atoms with van der Waals surface area (Å²) < 4.78 is 40.5. The first-order valence-electron chi connectivity index (χ1n) is 8.52. The lowest BCUT2D eigenvalue weighted by Crippen LogP contribution is -2.15. The Morgan fingerprint density at radius 2 is 1.75 bits per heavy atom. The fraction of sp³-hybridized carbons (Fsp3) is 0.0909. The highest BCUT2D eigenvalue weighted by atomic mass is 19.4. The van der Waals surface area contributed by atoms with Crippen molar-refractivity contribution in [1.29, 1.82) is 5.41 Å². The molecule has 1 aromatic heterocycles. The average molecular weight is 382 g/mol. The molecule has 0 aliphatic rings. The molecule has 0 atom stereocenters. The molecular formula is C22H17F3N2O. The fourth-order valence-corrected chi connectivity index (χ4v) is 2.88.